The zero-order chi connectivity index (χ0) is 13.5. The maximum atomic E-state index is 11.9. The highest BCUT2D eigenvalue weighted by Crippen LogP contribution is 2.12. The average Bonchev–Trinajstić information content (AvgIpc) is 2.80. The molecular formula is C14H24N4O. The summed E-state index contributed by atoms with van der Waals surface area (Å²) in [5.74, 6) is 0.133. The van der Waals surface area contributed by atoms with Crippen LogP contribution in [-0.4, -0.2) is 33.9 Å². The van der Waals surface area contributed by atoms with Crippen LogP contribution in [0.25, 0.3) is 0 Å². The van der Waals surface area contributed by atoms with Crippen LogP contribution in [0.1, 0.15) is 68.4 Å². The summed E-state index contributed by atoms with van der Waals surface area (Å²) in [4.78, 5) is 11.9. The van der Waals surface area contributed by atoms with Crippen LogP contribution < -0.4 is 5.32 Å². The summed E-state index contributed by atoms with van der Waals surface area (Å²) in [6, 6.07) is 0.378. The number of unbranched alkanes of at least 4 members (excludes halogenated alkanes) is 5. The van der Waals surface area contributed by atoms with Crippen molar-refractivity contribution in [2.75, 3.05) is 13.1 Å². The SMILES string of the molecule is CCCCCCCCC(=O)c1cn(C2CNC2)nn1. The molecule has 1 aromatic heterocycles. The lowest BCUT2D eigenvalue weighted by molar-refractivity contribution is 0.0974. The third kappa shape index (κ3) is 4.13. The van der Waals surface area contributed by atoms with E-state index in [1.165, 1.54) is 25.7 Å². The summed E-state index contributed by atoms with van der Waals surface area (Å²) < 4.78 is 1.81. The van der Waals surface area contributed by atoms with E-state index in [0.717, 1.165) is 25.9 Å². The smallest absolute Gasteiger partial charge is 0.184 e. The Morgan fingerprint density at radius 3 is 2.74 bits per heavy atom. The molecule has 0 radical (unpaired) electrons. The van der Waals surface area contributed by atoms with E-state index in [0.29, 0.717) is 18.2 Å². The highest BCUT2D eigenvalue weighted by molar-refractivity contribution is 5.93. The average molecular weight is 264 g/mol. The van der Waals surface area contributed by atoms with Crippen LogP contribution in [-0.2, 0) is 0 Å². The molecule has 1 fully saturated rings. The van der Waals surface area contributed by atoms with E-state index in [1.807, 2.05) is 4.68 Å². The van der Waals surface area contributed by atoms with Crippen LogP contribution in [0.5, 0.6) is 0 Å². The summed E-state index contributed by atoms with van der Waals surface area (Å²) >= 11 is 0. The summed E-state index contributed by atoms with van der Waals surface area (Å²) in [5, 5.41) is 11.2. The van der Waals surface area contributed by atoms with Gasteiger partial charge >= 0.3 is 0 Å². The minimum Gasteiger partial charge on any atom is -0.312 e. The molecule has 1 saturated heterocycles. The second kappa shape index (κ2) is 7.38. The standard InChI is InChI=1S/C14H24N4O/c1-2-3-4-5-6-7-8-14(19)13-11-18(17-16-13)12-9-15-10-12/h11-12,15H,2-10H2,1H3. The van der Waals surface area contributed by atoms with Crippen molar-refractivity contribution in [1.29, 1.82) is 0 Å². The van der Waals surface area contributed by atoms with Crippen LogP contribution in [0.15, 0.2) is 6.20 Å². The van der Waals surface area contributed by atoms with Gasteiger partial charge in [0.2, 0.25) is 0 Å². The molecule has 0 saturated carbocycles. The summed E-state index contributed by atoms with van der Waals surface area (Å²) in [6.45, 7) is 4.06. The van der Waals surface area contributed by atoms with Crippen molar-refractivity contribution < 1.29 is 4.79 Å². The quantitative estimate of drug-likeness (QED) is 0.549. The van der Waals surface area contributed by atoms with Crippen LogP contribution >= 0.6 is 0 Å². The fourth-order valence-corrected chi connectivity index (χ4v) is 2.24. The van der Waals surface area contributed by atoms with E-state index in [4.69, 9.17) is 0 Å². The molecule has 0 amide bonds. The number of ketones is 1. The molecule has 2 heterocycles. The molecule has 1 aliphatic rings. The van der Waals surface area contributed by atoms with Crippen molar-refractivity contribution in [1.82, 2.24) is 20.3 Å². The maximum Gasteiger partial charge on any atom is 0.184 e. The number of hydrogen-bond acceptors (Lipinski definition) is 4. The van der Waals surface area contributed by atoms with Gasteiger partial charge in [-0.15, -0.1) is 5.10 Å². The predicted molar refractivity (Wildman–Crippen MR) is 74.3 cm³/mol. The van der Waals surface area contributed by atoms with Crippen LogP contribution in [0, 0.1) is 0 Å². The molecule has 0 aromatic carbocycles. The van der Waals surface area contributed by atoms with E-state index in [1.54, 1.807) is 6.20 Å². The first-order valence-corrected chi connectivity index (χ1v) is 7.47. The lowest BCUT2D eigenvalue weighted by atomic mass is 10.1. The van der Waals surface area contributed by atoms with E-state index >= 15 is 0 Å². The molecule has 0 atom stereocenters. The van der Waals surface area contributed by atoms with Crippen LogP contribution in [0.3, 0.4) is 0 Å². The largest absolute Gasteiger partial charge is 0.312 e. The third-order valence-electron chi connectivity index (χ3n) is 3.69. The minimum atomic E-state index is 0.133. The third-order valence-corrected chi connectivity index (χ3v) is 3.69. The number of aromatic nitrogens is 3. The van der Waals surface area contributed by atoms with Gasteiger partial charge in [-0.2, -0.15) is 0 Å². The van der Waals surface area contributed by atoms with E-state index in [2.05, 4.69) is 22.6 Å². The molecule has 5 heteroatoms. The second-order valence-electron chi connectivity index (χ2n) is 5.34. The minimum absolute atomic E-state index is 0.133. The molecule has 1 aromatic rings. The first-order chi connectivity index (χ1) is 9.31. The number of Topliss-reactive ketones (excluding diaryl/α,β-unsaturated/α-hetero) is 1. The van der Waals surface area contributed by atoms with Crippen molar-refractivity contribution in [3.8, 4) is 0 Å². The van der Waals surface area contributed by atoms with Gasteiger partial charge in [-0.05, 0) is 6.42 Å². The lowest BCUT2D eigenvalue weighted by Crippen LogP contribution is -2.43. The van der Waals surface area contributed by atoms with Gasteiger partial charge in [-0.1, -0.05) is 44.2 Å². The summed E-state index contributed by atoms with van der Waals surface area (Å²) in [7, 11) is 0. The first kappa shape index (κ1) is 14.2. The Labute approximate surface area is 114 Å². The zero-order valence-electron chi connectivity index (χ0n) is 11.8. The Balaban J connectivity index is 1.66. The fourth-order valence-electron chi connectivity index (χ4n) is 2.24. The second-order valence-corrected chi connectivity index (χ2v) is 5.34. The fraction of sp³-hybridized carbons (Fsp3) is 0.786. The zero-order valence-corrected chi connectivity index (χ0v) is 11.8. The highest BCUT2D eigenvalue weighted by Gasteiger charge is 2.21. The number of nitrogens with one attached hydrogen (secondary N) is 1. The van der Waals surface area contributed by atoms with Gasteiger partial charge in [0.15, 0.2) is 5.78 Å². The molecule has 106 valence electrons. The van der Waals surface area contributed by atoms with Crippen LogP contribution in [0.2, 0.25) is 0 Å². The number of nitrogens with zero attached hydrogens (tertiary/aromatic N) is 3. The van der Waals surface area contributed by atoms with Gasteiger partial charge in [0, 0.05) is 19.5 Å². The number of carbonyl (C=O) groups excluding carboxylic acids is 1. The van der Waals surface area contributed by atoms with Crippen molar-refractivity contribution >= 4 is 5.78 Å². The molecule has 1 aliphatic heterocycles. The molecule has 19 heavy (non-hydrogen) atoms. The maximum absolute atomic E-state index is 11.9. The molecule has 1 N–H and O–H groups in total. The Morgan fingerprint density at radius 1 is 1.32 bits per heavy atom. The van der Waals surface area contributed by atoms with Gasteiger partial charge in [0.1, 0.15) is 5.69 Å². The van der Waals surface area contributed by atoms with Crippen molar-refractivity contribution in [2.45, 2.75) is 57.9 Å². The van der Waals surface area contributed by atoms with Crippen molar-refractivity contribution in [3.05, 3.63) is 11.9 Å². The topological polar surface area (TPSA) is 59.8 Å². The highest BCUT2D eigenvalue weighted by atomic mass is 16.1. The molecule has 0 spiro atoms. The Morgan fingerprint density at radius 2 is 2.05 bits per heavy atom. The van der Waals surface area contributed by atoms with E-state index < -0.39 is 0 Å². The number of hydrogen-bond donors (Lipinski definition) is 1. The predicted octanol–water partition coefficient (Wildman–Crippen LogP) is 2.36. The van der Waals surface area contributed by atoms with E-state index in [9.17, 15) is 4.79 Å². The lowest BCUT2D eigenvalue weighted by Gasteiger charge is -2.26. The van der Waals surface area contributed by atoms with Gasteiger partial charge < -0.3 is 5.32 Å². The van der Waals surface area contributed by atoms with E-state index in [-0.39, 0.29) is 5.78 Å². The number of carbonyl (C=O) groups is 1. The van der Waals surface area contributed by atoms with Gasteiger partial charge in [0.25, 0.3) is 0 Å². The Bertz CT molecular complexity index is 398. The first-order valence-electron chi connectivity index (χ1n) is 7.47. The molecular weight excluding hydrogens is 240 g/mol. The Kier molecular flexibility index (Phi) is 5.51. The van der Waals surface area contributed by atoms with Crippen molar-refractivity contribution in [2.24, 2.45) is 0 Å². The number of rotatable bonds is 9. The molecule has 0 bridgehead atoms. The van der Waals surface area contributed by atoms with Gasteiger partial charge in [-0.25, -0.2) is 4.68 Å². The van der Waals surface area contributed by atoms with Gasteiger partial charge in [0.05, 0.1) is 12.2 Å². The Hall–Kier alpha value is -1.23. The summed E-state index contributed by atoms with van der Waals surface area (Å²) in [6.07, 6.45) is 9.61. The van der Waals surface area contributed by atoms with Gasteiger partial charge in [-0.3, -0.25) is 4.79 Å². The normalized spacial score (nSPS) is 15.4. The summed E-state index contributed by atoms with van der Waals surface area (Å²) in [5.41, 5.74) is 0.528. The molecule has 5 nitrogen and oxygen atoms in total. The monoisotopic (exact) mass is 264 g/mol. The molecule has 2 rings (SSSR count). The molecule has 0 aliphatic carbocycles. The van der Waals surface area contributed by atoms with Crippen molar-refractivity contribution in [3.63, 3.8) is 0 Å². The van der Waals surface area contributed by atoms with Crippen LogP contribution in [0.4, 0.5) is 0 Å². The molecule has 0 unspecified atom stereocenters.